The van der Waals surface area contributed by atoms with Crippen molar-refractivity contribution in [2.45, 2.75) is 45.4 Å². The van der Waals surface area contributed by atoms with Crippen LogP contribution < -0.4 is 19.4 Å². The number of primary amides is 1. The molecule has 9 nitrogen and oxygen atoms in total. The van der Waals surface area contributed by atoms with Crippen molar-refractivity contribution in [2.75, 3.05) is 7.05 Å². The highest BCUT2D eigenvalue weighted by Crippen LogP contribution is 2.38. The largest absolute Gasteiger partial charge is 0.657 e. The number of fused-ring (bicyclic) bond motifs is 5. The van der Waals surface area contributed by atoms with Crippen molar-refractivity contribution < 1.29 is 19.2 Å². The van der Waals surface area contributed by atoms with Crippen LogP contribution in [0, 0.1) is 0 Å². The Hall–Kier alpha value is -7.10. The molecule has 1 amide bonds. The Bertz CT molecular complexity index is 2770. The highest BCUT2D eigenvalue weighted by Gasteiger charge is 2.26. The molecule has 5 aliphatic rings. The van der Waals surface area contributed by atoms with E-state index in [1.807, 2.05) is 47.3 Å². The maximum Gasteiger partial charge on any atom is 0.315 e. The zero-order chi connectivity index (χ0) is 41.9. The Balaban J connectivity index is 1.22. The van der Waals surface area contributed by atoms with Crippen molar-refractivity contribution in [1.82, 2.24) is 9.88 Å². The Kier molecular flexibility index (Phi) is 11.1. The summed E-state index contributed by atoms with van der Waals surface area (Å²) in [5.74, 6) is 0.164. The van der Waals surface area contributed by atoms with Gasteiger partial charge in [0, 0.05) is 67.0 Å². The first kappa shape index (κ1) is 39.4. The maximum atomic E-state index is 12.9. The zero-order valence-electron chi connectivity index (χ0n) is 35.2. The van der Waals surface area contributed by atoms with Crippen molar-refractivity contribution in [3.63, 3.8) is 0 Å². The molecule has 0 spiro atoms. The summed E-state index contributed by atoms with van der Waals surface area (Å²) in [6.45, 7) is 2.21. The third-order valence-corrected chi connectivity index (χ3v) is 11.5. The molecule has 0 radical (unpaired) electrons. The van der Waals surface area contributed by atoms with Crippen LogP contribution in [0.2, 0.25) is 0 Å². The zero-order valence-corrected chi connectivity index (χ0v) is 35.2. The van der Waals surface area contributed by atoms with Gasteiger partial charge in [-0.1, -0.05) is 44.7 Å². The second-order valence-electron chi connectivity index (χ2n) is 16.0. The first-order valence-corrected chi connectivity index (χ1v) is 21.2. The number of aliphatic imine (C=N–C) groups is 3. The molecule has 9 heteroatoms. The summed E-state index contributed by atoms with van der Waals surface area (Å²) in [6, 6.07) is 20.8. The second kappa shape index (κ2) is 17.2. The number of benzene rings is 1. The number of rotatable bonds is 10. The fraction of sp³-hybridized carbons (Fsp3) is 0.192. The number of carbonyl (C=O) groups excluding carboxylic acids is 1. The van der Waals surface area contributed by atoms with Crippen LogP contribution in [0.3, 0.4) is 0 Å². The molecule has 0 atom stereocenters. The van der Waals surface area contributed by atoms with Crippen LogP contribution in [0.4, 0.5) is 5.69 Å². The van der Waals surface area contributed by atoms with Crippen molar-refractivity contribution in [3.8, 4) is 0 Å². The molecule has 2 N–H and O–H groups in total. The van der Waals surface area contributed by atoms with Crippen molar-refractivity contribution in [2.24, 2.45) is 29.1 Å². The van der Waals surface area contributed by atoms with E-state index in [4.69, 9.17) is 20.0 Å². The molecule has 0 unspecified atom stereocenters. The van der Waals surface area contributed by atoms with Crippen LogP contribution in [0.5, 0.6) is 0 Å². The molecule has 5 aliphatic heterocycles. The average molecular weight is 803 g/mol. The molecule has 9 rings (SSSR count). The lowest BCUT2D eigenvalue weighted by Crippen LogP contribution is -2.82. The number of quaternary nitrogens is 1. The van der Waals surface area contributed by atoms with Crippen LogP contribution >= 0.6 is 0 Å². The van der Waals surface area contributed by atoms with Gasteiger partial charge in [0.15, 0.2) is 24.8 Å². The molecule has 61 heavy (non-hydrogen) atoms. The standard InChI is InChI=1S/C52H48N8O/c1-5-6-7-8-9-10-48(61)53-39-13-11-35(12-14-39)49-40-15-17-42(54-40)50(36-23-29-58(2)30-24-36)44-19-21-46(56-44)52(38-27-33-60(4)34-28-38)47-22-20-45(57-47)51(43-18-16-41(49)55-43)37-25-31-59(3)32-26-37/h11-34H,5-10H2,1-4H3/p+2. The summed E-state index contributed by atoms with van der Waals surface area (Å²) < 4.78 is 4.06. The lowest BCUT2D eigenvalue weighted by Gasteiger charge is -2.19. The number of hydrogen-bond acceptors (Lipinski definition) is 5. The highest BCUT2D eigenvalue weighted by molar-refractivity contribution is 6.36. The number of carbonyl (C=O) groups is 1. The van der Waals surface area contributed by atoms with Gasteiger partial charge in [-0.15, -0.1) is 11.4 Å². The fourth-order valence-corrected chi connectivity index (χ4v) is 8.18. The van der Waals surface area contributed by atoms with E-state index in [1.54, 1.807) is 5.32 Å². The lowest BCUT2D eigenvalue weighted by molar-refractivity contribution is -0.671. The first-order chi connectivity index (χ1) is 29.8. The molecule has 0 saturated heterocycles. The minimum absolute atomic E-state index is 0.164. The fourth-order valence-electron chi connectivity index (χ4n) is 8.18. The van der Waals surface area contributed by atoms with E-state index in [0.717, 1.165) is 109 Å². The monoisotopic (exact) mass is 802 g/mol. The SMILES string of the molecule is CCCCCCCC(=O)[NH2+]c1ccc(C2=C3C=CC(=N3)C(c3cc[n+](C)cc3)=C3C=CC(=N3)C(=C3C=CN(C)C=C3)C3=NC(=C(c4cc[n+](C)cc4)c4ccc2[n-]4)C=C3)cc1. The van der Waals surface area contributed by atoms with Gasteiger partial charge in [0.1, 0.15) is 19.8 Å². The van der Waals surface area contributed by atoms with E-state index >= 15 is 0 Å². The summed E-state index contributed by atoms with van der Waals surface area (Å²) in [7, 11) is 6.06. The number of aromatic nitrogens is 3. The number of nitrogens with zero attached hydrogens (tertiary/aromatic N) is 7. The van der Waals surface area contributed by atoms with Gasteiger partial charge >= 0.3 is 5.91 Å². The van der Waals surface area contributed by atoms with Crippen LogP contribution in [0.1, 0.15) is 73.5 Å². The molecule has 1 aromatic carbocycles. The number of aryl methyl sites for hydroxylation is 2. The lowest BCUT2D eigenvalue weighted by atomic mass is 9.97. The minimum Gasteiger partial charge on any atom is -0.657 e. The molecule has 0 fully saturated rings. The van der Waals surface area contributed by atoms with E-state index in [9.17, 15) is 4.79 Å². The van der Waals surface area contributed by atoms with Gasteiger partial charge in [0.25, 0.3) is 0 Å². The number of unbranched alkanes of at least 4 members (excludes halogenated alkanes) is 4. The molecule has 8 bridgehead atoms. The quantitative estimate of drug-likeness (QED) is 0.102. The molecular formula is C52H50N8O+2. The van der Waals surface area contributed by atoms with E-state index in [2.05, 4.69) is 141 Å². The Morgan fingerprint density at radius 2 is 1.05 bits per heavy atom. The summed E-state index contributed by atoms with van der Waals surface area (Å²) >= 11 is 0. The van der Waals surface area contributed by atoms with Gasteiger partial charge in [-0.05, 0) is 101 Å². The first-order valence-electron chi connectivity index (χ1n) is 21.2. The van der Waals surface area contributed by atoms with Gasteiger partial charge < -0.3 is 9.88 Å². The summed E-state index contributed by atoms with van der Waals surface area (Å²) in [5.41, 5.74) is 15.1. The minimum atomic E-state index is 0.164. The van der Waals surface area contributed by atoms with Gasteiger partial charge in [-0.2, -0.15) is 0 Å². The Morgan fingerprint density at radius 3 is 1.59 bits per heavy atom. The van der Waals surface area contributed by atoms with E-state index in [-0.39, 0.29) is 5.91 Å². The van der Waals surface area contributed by atoms with Gasteiger partial charge in [-0.25, -0.2) is 28.9 Å². The molecule has 0 aliphatic carbocycles. The molecule has 8 heterocycles. The van der Waals surface area contributed by atoms with Crippen LogP contribution in [-0.4, -0.2) is 35.0 Å². The van der Waals surface area contributed by atoms with E-state index < -0.39 is 0 Å². The number of allylic oxidation sites excluding steroid dienone is 11. The number of amides is 1. The van der Waals surface area contributed by atoms with Crippen LogP contribution in [0.15, 0.2) is 190 Å². The van der Waals surface area contributed by atoms with Gasteiger partial charge in [0.05, 0.1) is 40.6 Å². The predicted octanol–water partition coefficient (Wildman–Crippen LogP) is 7.62. The molecular weight excluding hydrogens is 753 g/mol. The molecule has 3 aromatic heterocycles. The molecule has 302 valence electrons. The third-order valence-electron chi connectivity index (χ3n) is 11.5. The smallest absolute Gasteiger partial charge is 0.315 e. The third kappa shape index (κ3) is 8.38. The normalized spacial score (nSPS) is 16.7. The Morgan fingerprint density at radius 1 is 0.574 bits per heavy atom. The molecule has 4 aromatic rings. The van der Waals surface area contributed by atoms with Crippen molar-refractivity contribution >= 4 is 45.4 Å². The number of nitrogens with two attached hydrogens (primary N) is 1. The molecule has 0 saturated carbocycles. The van der Waals surface area contributed by atoms with Crippen LogP contribution in [0.25, 0.3) is 16.7 Å². The Labute approximate surface area is 357 Å². The van der Waals surface area contributed by atoms with Crippen molar-refractivity contribution in [1.29, 1.82) is 0 Å². The summed E-state index contributed by atoms with van der Waals surface area (Å²) in [5, 5.41) is 1.77. The maximum absolute atomic E-state index is 12.9. The van der Waals surface area contributed by atoms with Crippen LogP contribution in [-0.2, 0) is 18.9 Å². The van der Waals surface area contributed by atoms with Gasteiger partial charge in [0.2, 0.25) is 0 Å². The number of pyridine rings is 2. The van der Waals surface area contributed by atoms with E-state index in [0.29, 0.717) is 6.42 Å². The van der Waals surface area contributed by atoms with E-state index in [1.165, 1.54) is 19.3 Å². The topological polar surface area (TPSA) is 95.9 Å². The summed E-state index contributed by atoms with van der Waals surface area (Å²) in [4.78, 5) is 36.5. The van der Waals surface area contributed by atoms with Gasteiger partial charge in [-0.3, -0.25) is 5.32 Å². The average Bonchev–Trinajstić information content (AvgIpc) is 4.12. The predicted molar refractivity (Wildman–Crippen MR) is 243 cm³/mol. The number of hydrogen-bond donors (Lipinski definition) is 1. The highest BCUT2D eigenvalue weighted by atomic mass is 16.1. The summed E-state index contributed by atoms with van der Waals surface area (Å²) in [6.07, 6.45) is 35.3. The second-order valence-corrected chi connectivity index (χ2v) is 16.0. The van der Waals surface area contributed by atoms with Crippen molar-refractivity contribution in [3.05, 3.63) is 203 Å².